The molecule has 1 N–H and O–H groups in total. The first-order chi connectivity index (χ1) is 8.84. The van der Waals surface area contributed by atoms with Crippen molar-refractivity contribution in [2.45, 2.75) is 25.3 Å². The zero-order valence-electron chi connectivity index (χ0n) is 10.2. The Kier molecular flexibility index (Phi) is 3.39. The van der Waals surface area contributed by atoms with Crippen molar-refractivity contribution in [2.24, 2.45) is 0 Å². The van der Waals surface area contributed by atoms with Crippen molar-refractivity contribution in [3.8, 4) is 11.3 Å². The zero-order chi connectivity index (χ0) is 12.4. The van der Waals surface area contributed by atoms with E-state index in [0.29, 0.717) is 6.04 Å². The Hall–Kier alpha value is -1.25. The van der Waals surface area contributed by atoms with Crippen LogP contribution in [-0.2, 0) is 0 Å². The average Bonchev–Trinajstić information content (AvgIpc) is 2.90. The van der Waals surface area contributed by atoms with Gasteiger partial charge in [-0.1, -0.05) is 30.2 Å². The fourth-order valence-corrected chi connectivity index (χ4v) is 2.67. The van der Waals surface area contributed by atoms with Crippen LogP contribution in [0.1, 0.15) is 31.1 Å². The van der Waals surface area contributed by atoms with E-state index in [-0.39, 0.29) is 0 Å². The summed E-state index contributed by atoms with van der Waals surface area (Å²) in [5.41, 5.74) is 0.959. The zero-order valence-corrected chi connectivity index (χ0v) is 10.9. The summed E-state index contributed by atoms with van der Waals surface area (Å²) in [4.78, 5) is 0. The number of benzene rings is 1. The number of hydrogen-bond acceptors (Lipinski definition) is 2. The number of hydrogen-bond donors (Lipinski definition) is 1. The van der Waals surface area contributed by atoms with E-state index in [4.69, 9.17) is 16.0 Å². The minimum Gasteiger partial charge on any atom is -0.459 e. The van der Waals surface area contributed by atoms with Gasteiger partial charge in [0.15, 0.2) is 0 Å². The first-order valence-corrected chi connectivity index (χ1v) is 6.80. The highest BCUT2D eigenvalue weighted by Crippen LogP contribution is 2.32. The minimum absolute atomic E-state index is 0.356. The number of halogens is 1. The molecule has 0 aliphatic carbocycles. The van der Waals surface area contributed by atoms with E-state index >= 15 is 0 Å². The van der Waals surface area contributed by atoms with Gasteiger partial charge in [0.1, 0.15) is 11.5 Å². The molecule has 2 aromatic rings. The van der Waals surface area contributed by atoms with Gasteiger partial charge in [0.2, 0.25) is 0 Å². The predicted molar refractivity (Wildman–Crippen MR) is 73.7 cm³/mol. The molecule has 3 rings (SSSR count). The molecule has 2 nitrogen and oxygen atoms in total. The highest BCUT2D eigenvalue weighted by Gasteiger charge is 2.18. The van der Waals surface area contributed by atoms with Crippen molar-refractivity contribution in [3.05, 3.63) is 47.2 Å². The van der Waals surface area contributed by atoms with Crippen LogP contribution in [0.4, 0.5) is 0 Å². The van der Waals surface area contributed by atoms with Gasteiger partial charge in [-0.25, -0.2) is 0 Å². The van der Waals surface area contributed by atoms with Crippen LogP contribution >= 0.6 is 11.6 Å². The standard InChI is InChI=1S/C15H16ClNO/c16-12-6-2-1-5-11(12)14-8-9-15(18-14)13-7-3-4-10-17-13/h1-2,5-6,8-9,13,17H,3-4,7,10H2/t13-/m1/s1. The molecule has 18 heavy (non-hydrogen) atoms. The first kappa shape index (κ1) is 11.8. The topological polar surface area (TPSA) is 25.2 Å². The lowest BCUT2D eigenvalue weighted by atomic mass is 10.0. The number of furan rings is 1. The quantitative estimate of drug-likeness (QED) is 0.866. The number of piperidine rings is 1. The predicted octanol–water partition coefficient (Wildman–Crippen LogP) is 4.41. The lowest BCUT2D eigenvalue weighted by Gasteiger charge is -2.21. The molecule has 1 aromatic carbocycles. The highest BCUT2D eigenvalue weighted by atomic mass is 35.5. The van der Waals surface area contributed by atoms with Crippen LogP contribution in [0.5, 0.6) is 0 Å². The third-order valence-electron chi connectivity index (χ3n) is 3.42. The molecule has 0 saturated carbocycles. The Balaban J connectivity index is 1.87. The molecule has 0 unspecified atom stereocenters. The van der Waals surface area contributed by atoms with Gasteiger partial charge < -0.3 is 9.73 Å². The molecule has 1 aliphatic rings. The Labute approximate surface area is 112 Å². The van der Waals surface area contributed by atoms with Crippen LogP contribution in [0.15, 0.2) is 40.8 Å². The lowest BCUT2D eigenvalue weighted by molar-refractivity contribution is 0.353. The van der Waals surface area contributed by atoms with Gasteiger partial charge in [-0.15, -0.1) is 0 Å². The van der Waals surface area contributed by atoms with Crippen molar-refractivity contribution in [2.75, 3.05) is 6.54 Å². The van der Waals surface area contributed by atoms with Crippen LogP contribution < -0.4 is 5.32 Å². The Morgan fingerprint density at radius 3 is 2.78 bits per heavy atom. The van der Waals surface area contributed by atoms with Gasteiger partial charge in [-0.05, 0) is 43.7 Å². The van der Waals surface area contributed by atoms with Crippen molar-refractivity contribution < 1.29 is 4.42 Å². The molecule has 0 spiro atoms. The van der Waals surface area contributed by atoms with Crippen molar-refractivity contribution >= 4 is 11.6 Å². The number of nitrogens with one attached hydrogen (secondary N) is 1. The molecule has 0 bridgehead atoms. The molecule has 1 fully saturated rings. The van der Waals surface area contributed by atoms with Gasteiger partial charge in [0, 0.05) is 5.56 Å². The smallest absolute Gasteiger partial charge is 0.135 e. The van der Waals surface area contributed by atoms with Crippen LogP contribution in [-0.4, -0.2) is 6.54 Å². The average molecular weight is 262 g/mol. The van der Waals surface area contributed by atoms with Crippen molar-refractivity contribution in [1.29, 1.82) is 0 Å². The van der Waals surface area contributed by atoms with Gasteiger partial charge >= 0.3 is 0 Å². The van der Waals surface area contributed by atoms with Crippen molar-refractivity contribution in [3.63, 3.8) is 0 Å². The monoisotopic (exact) mass is 261 g/mol. The van der Waals surface area contributed by atoms with E-state index in [9.17, 15) is 0 Å². The van der Waals surface area contributed by atoms with E-state index in [1.165, 1.54) is 12.8 Å². The van der Waals surface area contributed by atoms with E-state index in [2.05, 4.69) is 11.4 Å². The molecule has 1 saturated heterocycles. The molecule has 1 aliphatic heterocycles. The molecule has 1 atom stereocenters. The second-order valence-electron chi connectivity index (χ2n) is 4.68. The first-order valence-electron chi connectivity index (χ1n) is 6.42. The second kappa shape index (κ2) is 5.17. The maximum Gasteiger partial charge on any atom is 0.135 e. The molecular weight excluding hydrogens is 246 g/mol. The molecule has 94 valence electrons. The largest absolute Gasteiger partial charge is 0.459 e. The Bertz CT molecular complexity index is 529. The normalized spacial score (nSPS) is 19.9. The van der Waals surface area contributed by atoms with E-state index < -0.39 is 0 Å². The molecule has 0 radical (unpaired) electrons. The summed E-state index contributed by atoms with van der Waals surface area (Å²) in [6.07, 6.45) is 3.67. The van der Waals surface area contributed by atoms with Crippen LogP contribution in [0.3, 0.4) is 0 Å². The van der Waals surface area contributed by atoms with Crippen LogP contribution in [0.25, 0.3) is 11.3 Å². The summed E-state index contributed by atoms with van der Waals surface area (Å²) in [5, 5.41) is 4.22. The molecule has 1 aromatic heterocycles. The van der Waals surface area contributed by atoms with Crippen LogP contribution in [0, 0.1) is 0 Å². The summed E-state index contributed by atoms with van der Waals surface area (Å²) in [5.74, 6) is 1.87. The minimum atomic E-state index is 0.356. The molecule has 2 heterocycles. The lowest BCUT2D eigenvalue weighted by Crippen LogP contribution is -2.26. The highest BCUT2D eigenvalue weighted by molar-refractivity contribution is 6.33. The fourth-order valence-electron chi connectivity index (χ4n) is 2.44. The number of rotatable bonds is 2. The Morgan fingerprint density at radius 1 is 1.11 bits per heavy atom. The van der Waals surface area contributed by atoms with E-state index in [0.717, 1.165) is 35.1 Å². The van der Waals surface area contributed by atoms with Gasteiger partial charge in [0.25, 0.3) is 0 Å². The molecular formula is C15H16ClNO. The summed E-state index contributed by atoms with van der Waals surface area (Å²) in [6, 6.07) is 12.2. The maximum absolute atomic E-state index is 6.18. The van der Waals surface area contributed by atoms with E-state index in [1.54, 1.807) is 0 Å². The molecule has 3 heteroatoms. The molecule has 0 amide bonds. The SMILES string of the molecule is Clc1ccccc1-c1ccc([C@H]2CCCCN2)o1. The summed E-state index contributed by atoms with van der Waals surface area (Å²) < 4.78 is 5.94. The Morgan fingerprint density at radius 2 is 2.00 bits per heavy atom. The fraction of sp³-hybridized carbons (Fsp3) is 0.333. The second-order valence-corrected chi connectivity index (χ2v) is 5.09. The summed E-state index contributed by atoms with van der Waals surface area (Å²) >= 11 is 6.18. The van der Waals surface area contributed by atoms with Gasteiger partial charge in [0.05, 0.1) is 11.1 Å². The third kappa shape index (κ3) is 2.31. The summed E-state index contributed by atoms with van der Waals surface area (Å²) in [7, 11) is 0. The van der Waals surface area contributed by atoms with E-state index in [1.807, 2.05) is 30.3 Å². The van der Waals surface area contributed by atoms with Crippen molar-refractivity contribution in [1.82, 2.24) is 5.32 Å². The van der Waals surface area contributed by atoms with Gasteiger partial charge in [-0.3, -0.25) is 0 Å². The van der Waals surface area contributed by atoms with Crippen LogP contribution in [0.2, 0.25) is 5.02 Å². The third-order valence-corrected chi connectivity index (χ3v) is 3.75. The summed E-state index contributed by atoms with van der Waals surface area (Å²) in [6.45, 7) is 1.08. The van der Waals surface area contributed by atoms with Gasteiger partial charge in [-0.2, -0.15) is 0 Å². The maximum atomic E-state index is 6.18.